The van der Waals surface area contributed by atoms with E-state index < -0.39 is 15.0 Å². The minimum absolute atomic E-state index is 0. The Hall–Kier alpha value is -0.600. The molecule has 1 amide bonds. The molecule has 0 aliphatic rings. The molecule has 0 saturated carbocycles. The summed E-state index contributed by atoms with van der Waals surface area (Å²) in [5.41, 5.74) is 5.51. The number of anilines is 2. The Labute approximate surface area is 115 Å². The van der Waals surface area contributed by atoms with Crippen molar-refractivity contribution in [1.82, 2.24) is 0 Å². The van der Waals surface area contributed by atoms with Crippen molar-refractivity contribution in [2.45, 2.75) is 11.8 Å². The van der Waals surface area contributed by atoms with Crippen molar-refractivity contribution in [2.24, 2.45) is 0 Å². The molecule has 0 aliphatic carbocycles. The first-order valence-corrected chi connectivity index (χ1v) is 5.34. The maximum Gasteiger partial charge on any atom is 1.00 e. The zero-order valence-electron chi connectivity index (χ0n) is 8.85. The first kappa shape index (κ1) is 15.4. The summed E-state index contributed by atoms with van der Waals surface area (Å²) >= 11 is 0. The van der Waals surface area contributed by atoms with E-state index in [4.69, 9.17) is 5.73 Å². The van der Waals surface area contributed by atoms with Gasteiger partial charge >= 0.3 is 29.6 Å². The minimum atomic E-state index is -4.57. The fourth-order valence-electron chi connectivity index (χ4n) is 1.06. The molecule has 0 bridgehead atoms. The summed E-state index contributed by atoms with van der Waals surface area (Å²) < 4.78 is 32.0. The Bertz CT molecular complexity index is 501. The van der Waals surface area contributed by atoms with Gasteiger partial charge < -0.3 is 15.6 Å². The predicted octanol–water partition coefficient (Wildman–Crippen LogP) is -2.86. The monoisotopic (exact) mass is 252 g/mol. The molecule has 0 aliphatic heterocycles. The second kappa shape index (κ2) is 5.65. The molecule has 1 rings (SSSR count). The van der Waals surface area contributed by atoms with E-state index in [1.165, 1.54) is 19.1 Å². The molecule has 1 aromatic carbocycles. The molecule has 3 N–H and O–H groups in total. The molecule has 6 nitrogen and oxygen atoms in total. The Morgan fingerprint density at radius 1 is 1.44 bits per heavy atom. The molecule has 0 spiro atoms. The predicted molar refractivity (Wildman–Crippen MR) is 53.1 cm³/mol. The molecule has 0 heterocycles. The van der Waals surface area contributed by atoms with Crippen molar-refractivity contribution in [3.8, 4) is 0 Å². The number of nitrogens with one attached hydrogen (secondary N) is 1. The van der Waals surface area contributed by atoms with Gasteiger partial charge in [-0.2, -0.15) is 0 Å². The third-order valence-corrected chi connectivity index (χ3v) is 2.51. The van der Waals surface area contributed by atoms with Gasteiger partial charge in [0.15, 0.2) is 0 Å². The van der Waals surface area contributed by atoms with Crippen molar-refractivity contribution in [3.63, 3.8) is 0 Å². The number of rotatable bonds is 2. The Morgan fingerprint density at radius 2 is 2.00 bits per heavy atom. The number of carbonyl (C=O) groups is 1. The number of hydrogen-bond acceptors (Lipinski definition) is 5. The van der Waals surface area contributed by atoms with Crippen LogP contribution in [0.4, 0.5) is 11.4 Å². The first-order chi connectivity index (χ1) is 6.80. The summed E-state index contributed by atoms with van der Waals surface area (Å²) in [6.07, 6.45) is 0. The van der Waals surface area contributed by atoms with Crippen molar-refractivity contribution >= 4 is 27.4 Å². The SMILES string of the molecule is CC(=O)Nc1ccc(S(=O)(=O)[O-])c(N)c1.[Na+]. The van der Waals surface area contributed by atoms with Crippen LogP contribution in [0.1, 0.15) is 6.92 Å². The van der Waals surface area contributed by atoms with Crippen molar-refractivity contribution in [2.75, 3.05) is 11.1 Å². The van der Waals surface area contributed by atoms with E-state index in [9.17, 15) is 17.8 Å². The zero-order valence-corrected chi connectivity index (χ0v) is 11.7. The van der Waals surface area contributed by atoms with Gasteiger partial charge in [-0.25, -0.2) is 8.42 Å². The fourth-order valence-corrected chi connectivity index (χ4v) is 1.64. The molecule has 0 radical (unpaired) electrons. The van der Waals surface area contributed by atoms with E-state index in [-0.39, 0.29) is 41.2 Å². The van der Waals surface area contributed by atoms with E-state index in [1.54, 1.807) is 0 Å². The molecule has 0 atom stereocenters. The maximum absolute atomic E-state index is 10.7. The van der Waals surface area contributed by atoms with Crippen LogP contribution in [0.2, 0.25) is 0 Å². The van der Waals surface area contributed by atoms with E-state index >= 15 is 0 Å². The third kappa shape index (κ3) is 4.11. The van der Waals surface area contributed by atoms with Gasteiger partial charge in [-0.1, -0.05) is 0 Å². The smallest absolute Gasteiger partial charge is 0.744 e. The molecule has 0 fully saturated rings. The fraction of sp³-hybridized carbons (Fsp3) is 0.125. The van der Waals surface area contributed by atoms with Crippen LogP contribution in [0.15, 0.2) is 23.1 Å². The van der Waals surface area contributed by atoms with Gasteiger partial charge in [0.1, 0.15) is 10.1 Å². The first-order valence-electron chi connectivity index (χ1n) is 3.93. The number of hydrogen-bond donors (Lipinski definition) is 2. The summed E-state index contributed by atoms with van der Waals surface area (Å²) in [6, 6.07) is 3.57. The summed E-state index contributed by atoms with van der Waals surface area (Å²) in [4.78, 5) is 10.2. The van der Waals surface area contributed by atoms with E-state index in [0.717, 1.165) is 6.07 Å². The standard InChI is InChI=1S/C8H10N2O4S.Na/c1-5(11)10-6-2-3-8(7(9)4-6)15(12,13)14;/h2-4H,9H2,1H3,(H,10,11)(H,12,13,14);/q;+1/p-1. The van der Waals surface area contributed by atoms with Crippen LogP contribution >= 0.6 is 0 Å². The van der Waals surface area contributed by atoms with E-state index in [0.29, 0.717) is 5.69 Å². The van der Waals surface area contributed by atoms with Crippen molar-refractivity contribution in [3.05, 3.63) is 18.2 Å². The summed E-state index contributed by atoms with van der Waals surface area (Å²) in [5, 5.41) is 2.41. The van der Waals surface area contributed by atoms with Crippen LogP contribution < -0.4 is 40.6 Å². The molecule has 0 aromatic heterocycles. The van der Waals surface area contributed by atoms with Gasteiger partial charge in [-0.3, -0.25) is 4.79 Å². The summed E-state index contributed by atoms with van der Waals surface area (Å²) in [5.74, 6) is -0.313. The van der Waals surface area contributed by atoms with Gasteiger partial charge in [0, 0.05) is 12.6 Å². The van der Waals surface area contributed by atoms with Gasteiger partial charge in [0.25, 0.3) is 0 Å². The second-order valence-electron chi connectivity index (χ2n) is 2.89. The van der Waals surface area contributed by atoms with Crippen molar-refractivity contribution < 1.29 is 47.3 Å². The van der Waals surface area contributed by atoms with Crippen LogP contribution in [-0.4, -0.2) is 18.9 Å². The number of nitrogen functional groups attached to an aromatic ring is 1. The zero-order chi connectivity index (χ0) is 11.6. The molecule has 82 valence electrons. The summed E-state index contributed by atoms with van der Waals surface area (Å²) in [6.45, 7) is 1.30. The molecule has 1 aromatic rings. The Morgan fingerprint density at radius 3 is 2.38 bits per heavy atom. The Kier molecular flexibility index (Phi) is 5.43. The topological polar surface area (TPSA) is 112 Å². The number of amides is 1. The molecular formula is C8H9N2NaO4S. The van der Waals surface area contributed by atoms with Crippen molar-refractivity contribution in [1.29, 1.82) is 0 Å². The average molecular weight is 252 g/mol. The quantitative estimate of drug-likeness (QED) is 0.334. The average Bonchev–Trinajstić information content (AvgIpc) is 1.99. The minimum Gasteiger partial charge on any atom is -0.744 e. The Balaban J connectivity index is 0.00000225. The number of carbonyl (C=O) groups excluding carboxylic acids is 1. The molecule has 16 heavy (non-hydrogen) atoms. The van der Waals surface area contributed by atoms with E-state index in [2.05, 4.69) is 5.32 Å². The molecule has 0 unspecified atom stereocenters. The summed E-state index contributed by atoms with van der Waals surface area (Å²) in [7, 11) is -4.57. The van der Waals surface area contributed by atoms with Crippen LogP contribution in [-0.2, 0) is 14.9 Å². The van der Waals surface area contributed by atoms with Gasteiger partial charge in [-0.15, -0.1) is 0 Å². The van der Waals surface area contributed by atoms with E-state index in [1.807, 2.05) is 0 Å². The second-order valence-corrected chi connectivity index (χ2v) is 4.24. The number of benzene rings is 1. The normalized spacial score (nSPS) is 10.4. The van der Waals surface area contributed by atoms with Crippen LogP contribution in [0.3, 0.4) is 0 Å². The van der Waals surface area contributed by atoms with Gasteiger partial charge in [0.05, 0.1) is 10.6 Å². The molecule has 8 heteroatoms. The molecular weight excluding hydrogens is 243 g/mol. The van der Waals surface area contributed by atoms with Crippen LogP contribution in [0.25, 0.3) is 0 Å². The van der Waals surface area contributed by atoms with Crippen LogP contribution in [0, 0.1) is 0 Å². The maximum atomic E-state index is 10.7. The largest absolute Gasteiger partial charge is 1.00 e. The van der Waals surface area contributed by atoms with Gasteiger partial charge in [-0.05, 0) is 18.2 Å². The third-order valence-electron chi connectivity index (χ3n) is 1.60. The number of nitrogens with two attached hydrogens (primary N) is 1. The molecule has 0 saturated heterocycles. The van der Waals surface area contributed by atoms with Crippen LogP contribution in [0.5, 0.6) is 0 Å². The van der Waals surface area contributed by atoms with Gasteiger partial charge in [0.2, 0.25) is 5.91 Å².